The molecule has 0 radical (unpaired) electrons. The van der Waals surface area contributed by atoms with Gasteiger partial charge in [-0.1, -0.05) is 17.3 Å². The van der Waals surface area contributed by atoms with Crippen molar-refractivity contribution in [2.45, 2.75) is 19.3 Å². The lowest BCUT2D eigenvalue weighted by molar-refractivity contribution is -0.00210. The van der Waals surface area contributed by atoms with E-state index in [0.717, 1.165) is 5.56 Å². The highest BCUT2D eigenvalue weighted by Crippen LogP contribution is 2.26. The average molecular weight is 263 g/mol. The Hall–Kier alpha value is -2.28. The van der Waals surface area contributed by atoms with Gasteiger partial charge in [0.15, 0.2) is 5.69 Å². The van der Waals surface area contributed by atoms with Crippen LogP contribution in [-0.4, -0.2) is 26.1 Å². The summed E-state index contributed by atoms with van der Waals surface area (Å²) in [6, 6.07) is 6.00. The molecule has 0 spiro atoms. The van der Waals surface area contributed by atoms with Crippen molar-refractivity contribution in [3.8, 4) is 0 Å². The van der Waals surface area contributed by atoms with Crippen molar-refractivity contribution in [2.75, 3.05) is 0 Å². The van der Waals surface area contributed by atoms with Crippen LogP contribution in [0, 0.1) is 5.82 Å². The van der Waals surface area contributed by atoms with Gasteiger partial charge >= 0.3 is 5.97 Å². The highest BCUT2D eigenvalue weighted by atomic mass is 19.1. The average Bonchev–Trinajstić information content (AvgIpc) is 2.82. The number of rotatable bonds is 2. The second kappa shape index (κ2) is 4.43. The van der Waals surface area contributed by atoms with Crippen LogP contribution in [-0.2, 0) is 17.9 Å². The highest BCUT2D eigenvalue weighted by Gasteiger charge is 2.27. The van der Waals surface area contributed by atoms with E-state index in [-0.39, 0.29) is 24.2 Å². The molecule has 6 nitrogen and oxygen atoms in total. The number of nitrogens with zero attached hydrogens (tertiary/aromatic N) is 3. The third kappa shape index (κ3) is 2.08. The summed E-state index contributed by atoms with van der Waals surface area (Å²) in [5.41, 5.74) is 1.18. The van der Waals surface area contributed by atoms with Crippen molar-refractivity contribution in [3.63, 3.8) is 0 Å². The molecule has 1 aliphatic heterocycles. The fourth-order valence-corrected chi connectivity index (χ4v) is 2.06. The fraction of sp³-hybridized carbons (Fsp3) is 0.250. The van der Waals surface area contributed by atoms with Crippen LogP contribution in [0.15, 0.2) is 24.3 Å². The van der Waals surface area contributed by atoms with Crippen LogP contribution >= 0.6 is 0 Å². The van der Waals surface area contributed by atoms with Gasteiger partial charge in [0.25, 0.3) is 0 Å². The zero-order chi connectivity index (χ0) is 13.4. The summed E-state index contributed by atoms with van der Waals surface area (Å²) in [5, 5.41) is 16.3. The Kier molecular flexibility index (Phi) is 2.75. The first-order valence-corrected chi connectivity index (χ1v) is 5.68. The van der Waals surface area contributed by atoms with Gasteiger partial charge in [0.1, 0.15) is 11.9 Å². The van der Waals surface area contributed by atoms with Crippen molar-refractivity contribution in [1.82, 2.24) is 15.0 Å². The lowest BCUT2D eigenvalue weighted by Crippen LogP contribution is -2.23. The number of hydrogen-bond acceptors (Lipinski definition) is 4. The van der Waals surface area contributed by atoms with Crippen LogP contribution < -0.4 is 0 Å². The van der Waals surface area contributed by atoms with Gasteiger partial charge in [-0.05, 0) is 17.7 Å². The van der Waals surface area contributed by atoms with E-state index in [1.54, 1.807) is 12.1 Å². The molecule has 3 rings (SSSR count). The number of aromatic nitrogens is 3. The first kappa shape index (κ1) is 11.8. The van der Waals surface area contributed by atoms with Crippen LogP contribution in [0.3, 0.4) is 0 Å². The van der Waals surface area contributed by atoms with E-state index in [4.69, 9.17) is 9.84 Å². The maximum Gasteiger partial charge on any atom is 0.358 e. The smallest absolute Gasteiger partial charge is 0.358 e. The maximum absolute atomic E-state index is 12.9. The molecular weight excluding hydrogens is 253 g/mol. The number of carbonyl (C=O) groups is 1. The fourth-order valence-electron chi connectivity index (χ4n) is 2.06. The first-order valence-electron chi connectivity index (χ1n) is 5.68. The number of ether oxygens (including phenoxy) is 1. The second-order valence-electron chi connectivity index (χ2n) is 4.22. The van der Waals surface area contributed by atoms with Crippen LogP contribution in [0.4, 0.5) is 4.39 Å². The van der Waals surface area contributed by atoms with Gasteiger partial charge < -0.3 is 9.84 Å². The van der Waals surface area contributed by atoms with Crippen molar-refractivity contribution in [1.29, 1.82) is 0 Å². The highest BCUT2D eigenvalue weighted by molar-refractivity contribution is 5.86. The van der Waals surface area contributed by atoms with E-state index in [1.165, 1.54) is 16.8 Å². The van der Waals surface area contributed by atoms with E-state index < -0.39 is 5.97 Å². The van der Waals surface area contributed by atoms with E-state index in [1.807, 2.05) is 0 Å². The molecule has 1 aromatic carbocycles. The molecular formula is C12H10FN3O3. The minimum atomic E-state index is -1.12. The van der Waals surface area contributed by atoms with E-state index in [2.05, 4.69) is 10.3 Å². The Morgan fingerprint density at radius 1 is 1.42 bits per heavy atom. The molecule has 19 heavy (non-hydrogen) atoms. The van der Waals surface area contributed by atoms with Crippen molar-refractivity contribution in [3.05, 3.63) is 47.0 Å². The molecule has 0 unspecified atom stereocenters. The minimum Gasteiger partial charge on any atom is -0.476 e. The van der Waals surface area contributed by atoms with E-state index >= 15 is 0 Å². The SMILES string of the molecule is O=C(O)c1nnn2c1CO[C@H](c1ccc(F)cc1)C2. The quantitative estimate of drug-likeness (QED) is 0.885. The number of fused-ring (bicyclic) bond motifs is 1. The summed E-state index contributed by atoms with van der Waals surface area (Å²) in [6.45, 7) is 0.484. The topological polar surface area (TPSA) is 77.2 Å². The molecule has 1 aromatic heterocycles. The van der Waals surface area contributed by atoms with Gasteiger partial charge in [0.2, 0.25) is 0 Å². The lowest BCUT2D eigenvalue weighted by atomic mass is 10.1. The van der Waals surface area contributed by atoms with Crippen molar-refractivity contribution in [2.24, 2.45) is 0 Å². The number of halogens is 1. The lowest BCUT2D eigenvalue weighted by Gasteiger charge is -2.24. The van der Waals surface area contributed by atoms with Crippen molar-refractivity contribution < 1.29 is 19.0 Å². The van der Waals surface area contributed by atoms with Crippen LogP contribution in [0.2, 0.25) is 0 Å². The number of carboxylic acids is 1. The van der Waals surface area contributed by atoms with Gasteiger partial charge in [-0.3, -0.25) is 0 Å². The Morgan fingerprint density at radius 2 is 2.16 bits per heavy atom. The third-order valence-corrected chi connectivity index (χ3v) is 3.04. The molecule has 0 saturated carbocycles. The van der Waals surface area contributed by atoms with Gasteiger partial charge in [-0.15, -0.1) is 5.10 Å². The van der Waals surface area contributed by atoms with E-state index in [9.17, 15) is 9.18 Å². The maximum atomic E-state index is 12.9. The summed E-state index contributed by atoms with van der Waals surface area (Å²) in [5.74, 6) is -1.43. The van der Waals surface area contributed by atoms with Gasteiger partial charge in [0.05, 0.1) is 18.8 Å². The Labute approximate surface area is 107 Å². The summed E-state index contributed by atoms with van der Waals surface area (Å²) < 4.78 is 20.0. The molecule has 2 heterocycles. The number of benzene rings is 1. The molecule has 0 fully saturated rings. The zero-order valence-corrected chi connectivity index (χ0v) is 9.78. The monoisotopic (exact) mass is 263 g/mol. The third-order valence-electron chi connectivity index (χ3n) is 3.04. The number of hydrogen-bond donors (Lipinski definition) is 1. The predicted octanol–water partition coefficient (Wildman–Crippen LogP) is 1.39. The Balaban J connectivity index is 1.86. The summed E-state index contributed by atoms with van der Waals surface area (Å²) >= 11 is 0. The van der Waals surface area contributed by atoms with Crippen LogP contribution in [0.25, 0.3) is 0 Å². The summed E-state index contributed by atoms with van der Waals surface area (Å²) in [4.78, 5) is 10.9. The Bertz CT molecular complexity index is 624. The molecule has 0 aliphatic carbocycles. The largest absolute Gasteiger partial charge is 0.476 e. The standard InChI is InChI=1S/C12H10FN3O3/c13-8-3-1-7(2-4-8)10-5-16-9(6-19-10)11(12(17)18)14-15-16/h1-4,10H,5-6H2,(H,17,18)/t10-/m0/s1. The van der Waals surface area contributed by atoms with Gasteiger partial charge in [0, 0.05) is 0 Å². The summed E-state index contributed by atoms with van der Waals surface area (Å²) in [7, 11) is 0. The summed E-state index contributed by atoms with van der Waals surface area (Å²) in [6.07, 6.45) is -0.281. The first-order chi connectivity index (χ1) is 9.15. The Morgan fingerprint density at radius 3 is 2.84 bits per heavy atom. The minimum absolute atomic E-state index is 0.0856. The second-order valence-corrected chi connectivity index (χ2v) is 4.22. The van der Waals surface area contributed by atoms with E-state index in [0.29, 0.717) is 12.2 Å². The molecule has 2 aromatic rings. The number of carboxylic acid groups (broad SMARTS) is 1. The number of aromatic carboxylic acids is 1. The van der Waals surface area contributed by atoms with Crippen LogP contribution in [0.1, 0.15) is 27.8 Å². The molecule has 98 valence electrons. The van der Waals surface area contributed by atoms with Gasteiger partial charge in [-0.25, -0.2) is 13.9 Å². The molecule has 1 N–H and O–H groups in total. The molecule has 0 amide bonds. The van der Waals surface area contributed by atoms with Gasteiger partial charge in [-0.2, -0.15) is 0 Å². The molecule has 1 aliphatic rings. The molecule has 0 bridgehead atoms. The molecule has 7 heteroatoms. The molecule has 0 saturated heterocycles. The van der Waals surface area contributed by atoms with Crippen molar-refractivity contribution >= 4 is 5.97 Å². The van der Waals surface area contributed by atoms with Crippen LogP contribution in [0.5, 0.6) is 0 Å². The predicted molar refractivity (Wildman–Crippen MR) is 60.9 cm³/mol. The molecule has 1 atom stereocenters. The normalized spacial score (nSPS) is 18.1. The zero-order valence-electron chi connectivity index (χ0n) is 9.78.